The van der Waals surface area contributed by atoms with Gasteiger partial charge in [-0.05, 0) is 0 Å². The molecule has 1 aromatic heterocycles. The second kappa shape index (κ2) is 8.47. The Morgan fingerprint density at radius 3 is 2.66 bits per heavy atom. The van der Waals surface area contributed by atoms with Gasteiger partial charge in [0.25, 0.3) is 0 Å². The van der Waals surface area contributed by atoms with Crippen molar-refractivity contribution in [3.63, 3.8) is 0 Å². The number of aromatic nitrogens is 1. The van der Waals surface area contributed by atoms with Gasteiger partial charge in [-0.25, -0.2) is 0 Å². The van der Waals surface area contributed by atoms with Gasteiger partial charge in [-0.2, -0.15) is 0 Å². The summed E-state index contributed by atoms with van der Waals surface area (Å²) in [6, 6.07) is 4.11. The monoisotopic (exact) mass is 577 g/mol. The molecule has 1 fully saturated rings. The number of carbonyl (C=O) groups is 1. The van der Waals surface area contributed by atoms with Crippen molar-refractivity contribution in [2.24, 2.45) is 0 Å². The van der Waals surface area contributed by atoms with Crippen molar-refractivity contribution < 1.29 is 40.0 Å². The van der Waals surface area contributed by atoms with Gasteiger partial charge in [0.1, 0.15) is 0 Å². The minimum atomic E-state index is -0.490. The van der Waals surface area contributed by atoms with Crippen LogP contribution in [0.2, 0.25) is 0 Å². The van der Waals surface area contributed by atoms with Crippen molar-refractivity contribution in [1.82, 2.24) is 9.88 Å². The Morgan fingerprint density at radius 2 is 2.07 bits per heavy atom. The molecule has 0 radical (unpaired) electrons. The van der Waals surface area contributed by atoms with Crippen molar-refractivity contribution in [2.45, 2.75) is 62.8 Å². The molecule has 2 aliphatic heterocycles. The topological polar surface area (TPSA) is 60.9 Å². The Bertz CT molecular complexity index is 814. The van der Waals surface area contributed by atoms with E-state index < -0.39 is 32.4 Å². The summed E-state index contributed by atoms with van der Waals surface area (Å²) >= 11 is 2.97. The standard InChI is InChI=1S/C20H28BBrIN2O4/c1-18(2,3)27-17(26)25-11-8-14(9-12-25)21-28-19(4,5)20(6,29-21)23-15-7-10-24-16(22)13-15/h7-8,10,13H,9,11-12H2,1-6H3/q-1. The van der Waals surface area contributed by atoms with Crippen LogP contribution in [0.15, 0.2) is 34.5 Å². The molecular weight excluding hydrogens is 550 g/mol. The normalized spacial score (nSPS) is 24.6. The summed E-state index contributed by atoms with van der Waals surface area (Å²) in [7, 11) is -0.374. The summed E-state index contributed by atoms with van der Waals surface area (Å²) in [6.45, 7) is 13.1. The van der Waals surface area contributed by atoms with Crippen molar-refractivity contribution in [3.8, 4) is 0 Å². The number of nitrogens with zero attached hydrogens (tertiary/aromatic N) is 2. The molecule has 2 aliphatic rings. The van der Waals surface area contributed by atoms with E-state index in [9.17, 15) is 4.79 Å². The van der Waals surface area contributed by atoms with E-state index in [-0.39, 0.29) is 16.8 Å². The number of hydrogen-bond acceptors (Lipinski definition) is 5. The zero-order chi connectivity index (χ0) is 21.4. The summed E-state index contributed by atoms with van der Waals surface area (Å²) in [4.78, 5) is 18.2. The van der Waals surface area contributed by atoms with E-state index in [1.807, 2.05) is 33.0 Å². The predicted molar refractivity (Wildman–Crippen MR) is 112 cm³/mol. The first-order valence-corrected chi connectivity index (χ1v) is 12.6. The third kappa shape index (κ3) is 5.54. The molecule has 1 amide bonds. The van der Waals surface area contributed by atoms with Gasteiger partial charge in [-0.3, -0.25) is 0 Å². The molecule has 9 heteroatoms. The Hall–Kier alpha value is -0.645. The second-order valence-electron chi connectivity index (χ2n) is 8.84. The van der Waals surface area contributed by atoms with Crippen LogP contribution in [-0.4, -0.2) is 51.0 Å². The number of carbonyl (C=O) groups excluding carboxylic acids is 1. The van der Waals surface area contributed by atoms with Crippen LogP contribution in [0.3, 0.4) is 0 Å². The van der Waals surface area contributed by atoms with Crippen LogP contribution >= 0.6 is 15.9 Å². The molecule has 160 valence electrons. The third-order valence-electron chi connectivity index (χ3n) is 4.98. The van der Waals surface area contributed by atoms with Gasteiger partial charge in [0.05, 0.1) is 0 Å². The van der Waals surface area contributed by atoms with Crippen LogP contribution in [0, 0.1) is 3.57 Å². The Morgan fingerprint density at radius 1 is 1.34 bits per heavy atom. The van der Waals surface area contributed by atoms with Crippen LogP contribution < -0.4 is 21.2 Å². The van der Waals surface area contributed by atoms with Crippen LogP contribution in [-0.2, 0) is 14.0 Å². The number of hydrogen-bond donors (Lipinski definition) is 0. The van der Waals surface area contributed by atoms with Crippen molar-refractivity contribution in [2.75, 3.05) is 13.1 Å². The van der Waals surface area contributed by atoms with E-state index in [1.165, 1.54) is 3.57 Å². The SMILES string of the molecule is CC(C)(C)OC(=O)N1CC=C(B2OC(C)(C)C(C)([I-]c3ccnc(Br)c3)O2)CC1. The van der Waals surface area contributed by atoms with Gasteiger partial charge in [-0.15, -0.1) is 0 Å². The average Bonchev–Trinajstić information content (AvgIpc) is 2.83. The first-order valence-electron chi connectivity index (χ1n) is 9.69. The first kappa shape index (κ1) is 23.0. The molecule has 3 heterocycles. The fraction of sp³-hybridized carbons (Fsp3) is 0.600. The first-order chi connectivity index (χ1) is 13.4. The number of amides is 1. The molecule has 0 aliphatic carbocycles. The molecule has 0 saturated carbocycles. The second-order valence-corrected chi connectivity index (χ2v) is 13.5. The minimum absolute atomic E-state index is 0.277. The Balaban J connectivity index is 1.68. The van der Waals surface area contributed by atoms with Crippen LogP contribution in [0.25, 0.3) is 0 Å². The Kier molecular flexibility index (Phi) is 6.73. The molecule has 3 rings (SSSR count). The molecule has 0 N–H and O–H groups in total. The van der Waals surface area contributed by atoms with E-state index in [0.29, 0.717) is 13.1 Å². The van der Waals surface area contributed by atoms with Gasteiger partial charge >= 0.3 is 193 Å². The zero-order valence-electron chi connectivity index (χ0n) is 17.8. The molecule has 0 bridgehead atoms. The maximum atomic E-state index is 12.3. The van der Waals surface area contributed by atoms with Gasteiger partial charge in [-0.1, -0.05) is 0 Å². The maximum absolute atomic E-state index is 12.3. The fourth-order valence-corrected chi connectivity index (χ4v) is 6.97. The summed E-state index contributed by atoms with van der Waals surface area (Å²) < 4.78 is 20.1. The number of pyridine rings is 1. The molecule has 29 heavy (non-hydrogen) atoms. The van der Waals surface area contributed by atoms with E-state index in [0.717, 1.165) is 16.5 Å². The van der Waals surface area contributed by atoms with Gasteiger partial charge < -0.3 is 0 Å². The van der Waals surface area contributed by atoms with E-state index in [1.54, 1.807) is 4.90 Å². The molecule has 1 saturated heterocycles. The average molecular weight is 578 g/mol. The van der Waals surface area contributed by atoms with Crippen LogP contribution in [0.1, 0.15) is 48.0 Å². The quantitative estimate of drug-likeness (QED) is 0.234. The van der Waals surface area contributed by atoms with Crippen molar-refractivity contribution in [1.29, 1.82) is 0 Å². The molecule has 1 aromatic rings. The summed E-state index contributed by atoms with van der Waals surface area (Å²) in [6.07, 6.45) is 4.30. The third-order valence-corrected chi connectivity index (χ3v) is 9.29. The molecule has 1 unspecified atom stereocenters. The molecule has 0 spiro atoms. The molecule has 0 aromatic carbocycles. The fourth-order valence-electron chi connectivity index (χ4n) is 3.06. The van der Waals surface area contributed by atoms with Gasteiger partial charge in [0, 0.05) is 0 Å². The summed E-state index contributed by atoms with van der Waals surface area (Å²) in [5.74, 6) is 0. The number of alkyl halides is 1. The van der Waals surface area contributed by atoms with E-state index >= 15 is 0 Å². The van der Waals surface area contributed by atoms with E-state index in [2.05, 4.69) is 53.8 Å². The number of ether oxygens (including phenoxy) is 1. The number of rotatable bonds is 3. The summed E-state index contributed by atoms with van der Waals surface area (Å²) in [5, 5.41) is 0. The van der Waals surface area contributed by atoms with Gasteiger partial charge in [0.2, 0.25) is 0 Å². The number of halogens is 2. The molecule has 1 atom stereocenters. The molecule has 6 nitrogen and oxygen atoms in total. The molecular formula is C20H28BBrIN2O4-. The summed E-state index contributed by atoms with van der Waals surface area (Å²) in [5.41, 5.74) is 0.196. The van der Waals surface area contributed by atoms with Gasteiger partial charge in [0.15, 0.2) is 0 Å². The van der Waals surface area contributed by atoms with Crippen molar-refractivity contribution >= 4 is 29.1 Å². The van der Waals surface area contributed by atoms with E-state index in [4.69, 9.17) is 14.0 Å². The Labute approximate surface area is 192 Å². The van der Waals surface area contributed by atoms with Crippen molar-refractivity contribution in [3.05, 3.63) is 38.1 Å². The predicted octanol–water partition coefficient (Wildman–Crippen LogP) is 1.24. The van der Waals surface area contributed by atoms with Crippen LogP contribution in [0.4, 0.5) is 4.79 Å². The van der Waals surface area contributed by atoms with Crippen LogP contribution in [0.5, 0.6) is 0 Å². The zero-order valence-corrected chi connectivity index (χ0v) is 21.5.